The molecule has 136 valence electrons. The molecular formula is C22H36O2. The summed E-state index contributed by atoms with van der Waals surface area (Å²) in [6.07, 6.45) is 15.8. The van der Waals surface area contributed by atoms with Crippen molar-refractivity contribution in [3.05, 3.63) is 11.6 Å². The molecule has 0 amide bonds. The van der Waals surface area contributed by atoms with E-state index < -0.39 is 11.2 Å². The fourth-order valence-corrected chi connectivity index (χ4v) is 6.89. The minimum Gasteiger partial charge on any atom is -0.390 e. The number of fused-ring (bicyclic) bond motifs is 2. The van der Waals surface area contributed by atoms with Gasteiger partial charge in [0.05, 0.1) is 11.2 Å². The zero-order valence-electron chi connectivity index (χ0n) is 15.6. The lowest BCUT2D eigenvalue weighted by Gasteiger charge is -2.41. The molecule has 4 aliphatic rings. The number of rotatable bonds is 1. The SMILES string of the molecule is CC1(O)CCC(C2=CCCC3CCCCC23)CC2C1CCC2(C)O. The van der Waals surface area contributed by atoms with E-state index in [0.717, 1.165) is 43.9 Å². The van der Waals surface area contributed by atoms with Gasteiger partial charge in [0.1, 0.15) is 0 Å². The van der Waals surface area contributed by atoms with E-state index in [1.165, 1.54) is 38.5 Å². The molecule has 0 radical (unpaired) electrons. The van der Waals surface area contributed by atoms with Gasteiger partial charge in [-0.3, -0.25) is 0 Å². The van der Waals surface area contributed by atoms with Gasteiger partial charge in [0, 0.05) is 0 Å². The molecule has 2 heteroatoms. The number of hydrogen-bond donors (Lipinski definition) is 2. The first-order valence-electron chi connectivity index (χ1n) is 10.5. The average Bonchev–Trinajstić information content (AvgIpc) is 2.78. The topological polar surface area (TPSA) is 40.5 Å². The molecule has 4 rings (SSSR count). The Morgan fingerprint density at radius 3 is 2.42 bits per heavy atom. The third kappa shape index (κ3) is 2.88. The van der Waals surface area contributed by atoms with Crippen LogP contribution in [0.15, 0.2) is 11.6 Å². The van der Waals surface area contributed by atoms with Crippen LogP contribution in [-0.2, 0) is 0 Å². The zero-order valence-corrected chi connectivity index (χ0v) is 15.6. The van der Waals surface area contributed by atoms with Crippen LogP contribution in [0, 0.1) is 29.6 Å². The highest BCUT2D eigenvalue weighted by atomic mass is 16.3. The highest BCUT2D eigenvalue weighted by Gasteiger charge is 2.53. The van der Waals surface area contributed by atoms with Crippen molar-refractivity contribution in [2.75, 3.05) is 0 Å². The van der Waals surface area contributed by atoms with Crippen LogP contribution in [0.1, 0.15) is 84.5 Å². The van der Waals surface area contributed by atoms with E-state index in [1.54, 1.807) is 5.57 Å². The number of allylic oxidation sites excluding steroid dienone is 2. The van der Waals surface area contributed by atoms with Gasteiger partial charge in [0.15, 0.2) is 0 Å². The molecule has 7 unspecified atom stereocenters. The molecular weight excluding hydrogens is 296 g/mol. The maximum Gasteiger partial charge on any atom is 0.0651 e. The summed E-state index contributed by atoms with van der Waals surface area (Å²) in [5, 5.41) is 22.0. The van der Waals surface area contributed by atoms with Crippen LogP contribution in [-0.4, -0.2) is 21.4 Å². The predicted molar refractivity (Wildman–Crippen MR) is 97.6 cm³/mol. The Morgan fingerprint density at radius 2 is 1.58 bits per heavy atom. The van der Waals surface area contributed by atoms with Crippen LogP contribution in [0.25, 0.3) is 0 Å². The minimum atomic E-state index is -0.596. The Hall–Kier alpha value is -0.340. The van der Waals surface area contributed by atoms with Gasteiger partial charge >= 0.3 is 0 Å². The molecule has 0 heterocycles. The largest absolute Gasteiger partial charge is 0.390 e. The second-order valence-corrected chi connectivity index (χ2v) is 9.87. The van der Waals surface area contributed by atoms with Crippen molar-refractivity contribution in [2.24, 2.45) is 29.6 Å². The first kappa shape index (κ1) is 17.1. The van der Waals surface area contributed by atoms with Gasteiger partial charge in [-0.15, -0.1) is 0 Å². The lowest BCUT2D eigenvalue weighted by Crippen LogP contribution is -2.40. The molecule has 2 nitrogen and oxygen atoms in total. The molecule has 4 aliphatic carbocycles. The normalized spacial score (nSPS) is 52.2. The summed E-state index contributed by atoms with van der Waals surface area (Å²) in [6.45, 7) is 4.06. The molecule has 0 saturated heterocycles. The monoisotopic (exact) mass is 332 g/mol. The van der Waals surface area contributed by atoms with Gasteiger partial charge in [-0.25, -0.2) is 0 Å². The van der Waals surface area contributed by atoms with E-state index >= 15 is 0 Å². The van der Waals surface area contributed by atoms with Gasteiger partial charge in [0.25, 0.3) is 0 Å². The highest BCUT2D eigenvalue weighted by molar-refractivity contribution is 5.19. The first-order chi connectivity index (χ1) is 11.4. The van der Waals surface area contributed by atoms with Gasteiger partial charge in [0.2, 0.25) is 0 Å². The second kappa shape index (κ2) is 6.13. The molecule has 24 heavy (non-hydrogen) atoms. The van der Waals surface area contributed by atoms with Crippen molar-refractivity contribution >= 4 is 0 Å². The molecule has 3 fully saturated rings. The maximum absolute atomic E-state index is 11.1. The molecule has 2 N–H and O–H groups in total. The third-order valence-electron chi connectivity index (χ3n) is 8.31. The molecule has 0 aliphatic heterocycles. The molecule has 3 saturated carbocycles. The van der Waals surface area contributed by atoms with Crippen molar-refractivity contribution in [1.29, 1.82) is 0 Å². The summed E-state index contributed by atoms with van der Waals surface area (Å²) < 4.78 is 0. The van der Waals surface area contributed by atoms with Crippen LogP contribution < -0.4 is 0 Å². The van der Waals surface area contributed by atoms with E-state index in [1.807, 2.05) is 13.8 Å². The molecule has 0 aromatic rings. The summed E-state index contributed by atoms with van der Waals surface area (Å²) in [4.78, 5) is 0. The summed E-state index contributed by atoms with van der Waals surface area (Å²) in [7, 11) is 0. The van der Waals surface area contributed by atoms with Gasteiger partial charge < -0.3 is 10.2 Å². The van der Waals surface area contributed by atoms with Crippen molar-refractivity contribution in [3.8, 4) is 0 Å². The summed E-state index contributed by atoms with van der Waals surface area (Å²) in [5.74, 6) is 2.88. The van der Waals surface area contributed by atoms with E-state index in [-0.39, 0.29) is 11.8 Å². The first-order valence-corrected chi connectivity index (χ1v) is 10.5. The number of aliphatic hydroxyl groups is 2. The summed E-state index contributed by atoms with van der Waals surface area (Å²) in [5.41, 5.74) is 0.546. The van der Waals surface area contributed by atoms with E-state index in [2.05, 4.69) is 6.08 Å². The van der Waals surface area contributed by atoms with Crippen LogP contribution in [0.3, 0.4) is 0 Å². The van der Waals surface area contributed by atoms with Crippen molar-refractivity contribution in [2.45, 2.75) is 95.7 Å². The standard InChI is InChI=1S/C22H36O2/c1-21(23)12-10-16(14-20-19(21)11-13-22(20,2)24)18-9-5-7-15-6-3-4-8-17(15)18/h9,15-17,19-20,23-24H,3-8,10-14H2,1-2H3. The summed E-state index contributed by atoms with van der Waals surface area (Å²) in [6, 6.07) is 0. The fourth-order valence-electron chi connectivity index (χ4n) is 6.89. The Labute approximate surface area is 147 Å². The smallest absolute Gasteiger partial charge is 0.0651 e. The maximum atomic E-state index is 11.1. The van der Waals surface area contributed by atoms with Crippen LogP contribution in [0.4, 0.5) is 0 Å². The Balaban J connectivity index is 1.60. The lowest BCUT2D eigenvalue weighted by molar-refractivity contribution is -0.0540. The summed E-state index contributed by atoms with van der Waals surface area (Å²) >= 11 is 0. The van der Waals surface area contributed by atoms with Crippen LogP contribution >= 0.6 is 0 Å². The Kier molecular flexibility index (Phi) is 4.36. The molecule has 0 spiro atoms. The molecule has 0 aromatic carbocycles. The second-order valence-electron chi connectivity index (χ2n) is 9.87. The van der Waals surface area contributed by atoms with Crippen LogP contribution in [0.2, 0.25) is 0 Å². The zero-order chi connectivity index (χ0) is 16.9. The van der Waals surface area contributed by atoms with Gasteiger partial charge in [-0.05, 0) is 101 Å². The Morgan fingerprint density at radius 1 is 0.875 bits per heavy atom. The predicted octanol–water partition coefficient (Wildman–Crippen LogP) is 4.84. The minimum absolute atomic E-state index is 0.268. The van der Waals surface area contributed by atoms with Crippen LogP contribution in [0.5, 0.6) is 0 Å². The van der Waals surface area contributed by atoms with E-state index in [9.17, 15) is 10.2 Å². The lowest BCUT2D eigenvalue weighted by atomic mass is 9.65. The Bertz CT molecular complexity index is 504. The number of hydrogen-bond acceptors (Lipinski definition) is 2. The fraction of sp³-hybridized carbons (Fsp3) is 0.909. The van der Waals surface area contributed by atoms with Crippen molar-refractivity contribution in [3.63, 3.8) is 0 Å². The molecule has 0 bridgehead atoms. The molecule has 0 aromatic heterocycles. The quantitative estimate of drug-likeness (QED) is 0.674. The van der Waals surface area contributed by atoms with Crippen molar-refractivity contribution < 1.29 is 10.2 Å². The molecule has 7 atom stereocenters. The highest BCUT2D eigenvalue weighted by Crippen LogP contribution is 2.55. The van der Waals surface area contributed by atoms with E-state index in [0.29, 0.717) is 5.92 Å². The van der Waals surface area contributed by atoms with Gasteiger partial charge in [-0.1, -0.05) is 24.5 Å². The van der Waals surface area contributed by atoms with Crippen molar-refractivity contribution in [1.82, 2.24) is 0 Å². The van der Waals surface area contributed by atoms with E-state index in [4.69, 9.17) is 0 Å². The van der Waals surface area contributed by atoms with Gasteiger partial charge in [-0.2, -0.15) is 0 Å². The average molecular weight is 333 g/mol. The third-order valence-corrected chi connectivity index (χ3v) is 8.31.